The number of rotatable bonds is 1. The first kappa shape index (κ1) is 25.4. The van der Waals surface area contributed by atoms with Gasteiger partial charge in [-0.2, -0.15) is 26.3 Å². The van der Waals surface area contributed by atoms with Gasteiger partial charge in [-0.15, -0.1) is 0 Å². The minimum absolute atomic E-state index is 0.0594. The number of sulfonamides is 2. The van der Waals surface area contributed by atoms with E-state index in [0.29, 0.717) is 0 Å². The van der Waals surface area contributed by atoms with E-state index < -0.39 is 36.5 Å². The molecule has 0 bridgehead atoms. The summed E-state index contributed by atoms with van der Waals surface area (Å²) in [5.41, 5.74) is 0. The minimum atomic E-state index is -6.57. The molecular formula is C21H14F6NO4S3+. The van der Waals surface area contributed by atoms with Crippen LogP contribution in [0.15, 0.2) is 78.9 Å². The number of nitrogens with one attached hydrogen (secondary N) is 1. The molecule has 1 saturated heterocycles. The van der Waals surface area contributed by atoms with Crippen LogP contribution in [0.2, 0.25) is 0 Å². The Morgan fingerprint density at radius 3 is 1.37 bits per heavy atom. The van der Waals surface area contributed by atoms with E-state index in [0.717, 1.165) is 0 Å². The van der Waals surface area contributed by atoms with Gasteiger partial charge in [-0.25, -0.2) is 16.8 Å². The quantitative estimate of drug-likeness (QED) is 0.238. The zero-order valence-corrected chi connectivity index (χ0v) is 19.6. The molecular weight excluding hydrogens is 540 g/mol. The van der Waals surface area contributed by atoms with Gasteiger partial charge in [-0.1, -0.05) is 46.6 Å². The van der Waals surface area contributed by atoms with Crippen molar-refractivity contribution in [1.29, 1.82) is 0 Å². The van der Waals surface area contributed by atoms with Gasteiger partial charge in [-0.05, 0) is 36.4 Å². The van der Waals surface area contributed by atoms with Gasteiger partial charge >= 0.3 is 16.4 Å². The van der Waals surface area contributed by atoms with Crippen LogP contribution in [0.4, 0.5) is 26.3 Å². The predicted molar refractivity (Wildman–Crippen MR) is 121 cm³/mol. The number of thiophene rings is 1. The van der Waals surface area contributed by atoms with Crippen molar-refractivity contribution in [3.8, 4) is 4.90 Å². The van der Waals surface area contributed by atoms with Gasteiger partial charge in [0.25, 0.3) is 20.0 Å². The summed E-state index contributed by atoms with van der Waals surface area (Å²) in [5, 5.41) is -9.69. The Bertz CT molecular complexity index is 1540. The lowest BCUT2D eigenvalue weighted by molar-refractivity contribution is -0.246. The number of halogens is 6. The van der Waals surface area contributed by atoms with Crippen LogP contribution in [0.25, 0.3) is 25.1 Å². The highest BCUT2D eigenvalue weighted by Crippen LogP contribution is 2.53. The molecule has 2 heterocycles. The molecule has 1 N–H and O–H groups in total. The third kappa shape index (κ3) is 3.70. The Labute approximate surface area is 198 Å². The zero-order chi connectivity index (χ0) is 25.9. The number of alkyl halides is 6. The maximum absolute atomic E-state index is 12.5. The van der Waals surface area contributed by atoms with Gasteiger partial charge in [-0.3, -0.25) is 0 Å². The Morgan fingerprint density at radius 2 is 0.943 bits per heavy atom. The van der Waals surface area contributed by atoms with Gasteiger partial charge in [0, 0.05) is 21.2 Å². The highest BCUT2D eigenvalue weighted by molar-refractivity contribution is 8.06. The molecule has 0 unspecified atom stereocenters. The predicted octanol–water partition coefficient (Wildman–Crippen LogP) is 5.80. The first-order chi connectivity index (χ1) is 16.2. The Hall–Kier alpha value is -2.68. The number of fused-ring (bicyclic) bond motifs is 3. The summed E-state index contributed by atoms with van der Waals surface area (Å²) in [4.78, 5) is 1.40. The van der Waals surface area contributed by atoms with Gasteiger partial charge in [0.05, 0.1) is 0 Å². The van der Waals surface area contributed by atoms with E-state index >= 15 is 0 Å². The molecule has 0 radical (unpaired) electrons. The normalized spacial score (nSPS) is 21.2. The lowest BCUT2D eigenvalue weighted by Gasteiger charge is -2.35. The smallest absolute Gasteiger partial charge is 0.205 e. The molecule has 0 saturated carbocycles. The molecule has 0 amide bonds. The van der Waals surface area contributed by atoms with E-state index in [4.69, 9.17) is 0 Å². The van der Waals surface area contributed by atoms with E-state index in [1.165, 1.54) is 25.1 Å². The van der Waals surface area contributed by atoms with E-state index in [1.54, 1.807) is 0 Å². The monoisotopic (exact) mass is 554 g/mol. The minimum Gasteiger partial charge on any atom is -0.205 e. The molecule has 4 aromatic rings. The van der Waals surface area contributed by atoms with Gasteiger partial charge in [0.2, 0.25) is 0 Å². The molecule has 5 nitrogen and oxygen atoms in total. The molecule has 5 rings (SSSR count). The second-order valence-electron chi connectivity index (χ2n) is 7.31. The average Bonchev–Trinajstić information content (AvgIpc) is 3.13. The fraction of sp³-hybridized carbons (Fsp3) is 0.143. The van der Waals surface area contributed by atoms with Crippen molar-refractivity contribution in [2.75, 3.05) is 0 Å². The Morgan fingerprint density at radius 1 is 0.571 bits per heavy atom. The molecule has 0 aliphatic carbocycles. The van der Waals surface area contributed by atoms with Crippen molar-refractivity contribution in [3.63, 3.8) is 0 Å². The molecule has 0 spiro atoms. The van der Waals surface area contributed by atoms with Crippen molar-refractivity contribution in [2.24, 2.45) is 0 Å². The van der Waals surface area contributed by atoms with Crippen molar-refractivity contribution in [1.82, 2.24) is 4.13 Å². The average molecular weight is 555 g/mol. The van der Waals surface area contributed by atoms with Crippen molar-refractivity contribution in [2.45, 2.75) is 16.4 Å². The summed E-state index contributed by atoms with van der Waals surface area (Å²) in [5.74, 6) is -6.57. The van der Waals surface area contributed by atoms with Crippen LogP contribution in [-0.4, -0.2) is 33.3 Å². The molecule has 1 aromatic heterocycles. The first-order valence-corrected chi connectivity index (χ1v) is 13.7. The fourth-order valence-electron chi connectivity index (χ4n) is 3.42. The maximum atomic E-state index is 12.5. The third-order valence-corrected chi connectivity index (χ3v) is 11.1. The number of hydrogen-bond acceptors (Lipinski definition) is 4. The Balaban J connectivity index is 0.000000168. The largest absolute Gasteiger partial charge is 0.429 e. The highest BCUT2D eigenvalue weighted by atomic mass is 32.3. The number of hydrogen-bond donors (Lipinski definition) is 1. The summed E-state index contributed by atoms with van der Waals surface area (Å²) in [6.07, 6.45) is 0. The van der Waals surface area contributed by atoms with Crippen LogP contribution in [0.3, 0.4) is 0 Å². The molecule has 1 aliphatic rings. The molecule has 35 heavy (non-hydrogen) atoms. The molecule has 186 valence electrons. The standard InChI is InChI=1S/C18H13S.C3HF6NO4S2/c1-2-8-14(9-3-1)19-17-12-6-4-10-15(17)16-11-5-7-13-18(16)19;4-1(5)2(6,7)15(11,12)10-16(13,14)3(1,8)9/h1-13H;10H/q+1;. The molecule has 1 aliphatic heterocycles. The van der Waals surface area contributed by atoms with Gasteiger partial charge in [0.15, 0.2) is 14.3 Å². The second kappa shape index (κ2) is 8.18. The van der Waals surface area contributed by atoms with E-state index in [2.05, 4.69) is 78.9 Å². The van der Waals surface area contributed by atoms with Crippen molar-refractivity contribution in [3.05, 3.63) is 78.9 Å². The summed E-state index contributed by atoms with van der Waals surface area (Å²) in [7, 11) is -12.8. The van der Waals surface area contributed by atoms with E-state index in [-0.39, 0.29) is 14.6 Å². The summed E-state index contributed by atoms with van der Waals surface area (Å²) in [6, 6.07) is 28.4. The van der Waals surface area contributed by atoms with Crippen LogP contribution in [0.5, 0.6) is 0 Å². The first-order valence-electron chi connectivity index (χ1n) is 9.54. The summed E-state index contributed by atoms with van der Waals surface area (Å²) >= 11 is 0. The third-order valence-electron chi connectivity index (χ3n) is 5.11. The zero-order valence-electron chi connectivity index (χ0n) is 17.1. The second-order valence-corrected chi connectivity index (χ2v) is 13.0. The molecule has 1 fully saturated rings. The molecule has 14 heteroatoms. The number of benzene rings is 3. The Kier molecular flexibility index (Phi) is 5.94. The van der Waals surface area contributed by atoms with Crippen LogP contribution in [-0.2, 0) is 20.0 Å². The van der Waals surface area contributed by atoms with E-state index in [1.807, 2.05) is 0 Å². The topological polar surface area (TPSA) is 80.3 Å². The van der Waals surface area contributed by atoms with Crippen LogP contribution in [0, 0.1) is 0 Å². The van der Waals surface area contributed by atoms with E-state index in [9.17, 15) is 43.2 Å². The van der Waals surface area contributed by atoms with Crippen LogP contribution < -0.4 is 4.13 Å². The van der Waals surface area contributed by atoms with Gasteiger partial charge < -0.3 is 0 Å². The molecule has 3 aromatic carbocycles. The summed E-state index contributed by atoms with van der Waals surface area (Å²) in [6.45, 7) is 0. The SMILES string of the molecule is O=S1(=O)NS(=O)(=O)C(F)(F)C(F)(F)C1(F)F.c1ccc(-[s+]2c3ccccc3c3ccccc32)cc1. The fourth-order valence-corrected chi connectivity index (χ4v) is 8.81. The van der Waals surface area contributed by atoms with Crippen LogP contribution in [0.1, 0.15) is 0 Å². The maximum Gasteiger partial charge on any atom is 0.429 e. The van der Waals surface area contributed by atoms with Gasteiger partial charge in [0.1, 0.15) is 0 Å². The van der Waals surface area contributed by atoms with Crippen LogP contribution >= 0.6 is 10.5 Å². The van der Waals surface area contributed by atoms with Crippen molar-refractivity contribution < 1.29 is 43.2 Å². The lowest BCUT2D eigenvalue weighted by Crippen LogP contribution is -2.70. The van der Waals surface area contributed by atoms with Crippen molar-refractivity contribution >= 4 is 50.7 Å². The lowest BCUT2D eigenvalue weighted by atomic mass is 10.2. The highest BCUT2D eigenvalue weighted by Gasteiger charge is 2.86. The molecule has 0 atom stereocenters. The summed E-state index contributed by atoms with van der Waals surface area (Å²) < 4.78 is 119.